The van der Waals surface area contributed by atoms with Crippen LogP contribution in [0, 0.1) is 0 Å². The number of aliphatic hydroxyl groups excluding tert-OH is 1. The van der Waals surface area contributed by atoms with Gasteiger partial charge in [0.05, 0.1) is 33.4 Å². The van der Waals surface area contributed by atoms with Crippen LogP contribution < -0.4 is 0 Å². The molecule has 0 radical (unpaired) electrons. The number of carbonyl (C=O) groups excluding carboxylic acids is 2. The molecule has 0 fully saturated rings. The van der Waals surface area contributed by atoms with Gasteiger partial charge in [0.25, 0.3) is 5.91 Å². The second-order valence-electron chi connectivity index (χ2n) is 4.46. The lowest BCUT2D eigenvalue weighted by Crippen LogP contribution is -2.36. The molecule has 0 unspecified atom stereocenters. The summed E-state index contributed by atoms with van der Waals surface area (Å²) in [4.78, 5) is 25.2. The van der Waals surface area contributed by atoms with Crippen LogP contribution in [0.15, 0.2) is 24.3 Å². The molecule has 0 aliphatic rings. The third kappa shape index (κ3) is 6.43. The Labute approximate surface area is 134 Å². The smallest absolute Gasteiger partial charge is 0.307 e. The van der Waals surface area contributed by atoms with E-state index in [1.165, 1.54) is 12.0 Å². The van der Waals surface area contributed by atoms with Crippen molar-refractivity contribution in [3.8, 4) is 0 Å². The molecular weight excluding hydrogens is 310 g/mol. The highest BCUT2D eigenvalue weighted by molar-refractivity contribution is 6.30. The third-order valence-electron chi connectivity index (χ3n) is 2.91. The Bertz CT molecular complexity index is 495. The maximum Gasteiger partial charge on any atom is 0.307 e. The van der Waals surface area contributed by atoms with Crippen molar-refractivity contribution in [1.82, 2.24) is 4.90 Å². The molecule has 0 saturated carbocycles. The Hall–Kier alpha value is -1.63. The number of ether oxygens (including phenoxy) is 2. The number of carbonyl (C=O) groups is 2. The van der Waals surface area contributed by atoms with Gasteiger partial charge in [-0.05, 0) is 18.2 Å². The number of methoxy groups -OCH3 is 1. The van der Waals surface area contributed by atoms with Crippen molar-refractivity contribution >= 4 is 23.5 Å². The second-order valence-corrected chi connectivity index (χ2v) is 4.90. The number of esters is 1. The Morgan fingerprint density at radius 1 is 1.27 bits per heavy atom. The molecule has 7 heteroatoms. The number of benzene rings is 1. The minimum Gasteiger partial charge on any atom is -0.469 e. The molecule has 1 N–H and O–H groups in total. The first-order valence-electron chi connectivity index (χ1n) is 6.88. The molecule has 0 bridgehead atoms. The fraction of sp³-hybridized carbons (Fsp3) is 0.467. The van der Waals surface area contributed by atoms with Gasteiger partial charge in [-0.2, -0.15) is 0 Å². The molecule has 0 heterocycles. The van der Waals surface area contributed by atoms with Crippen molar-refractivity contribution in [2.24, 2.45) is 0 Å². The van der Waals surface area contributed by atoms with Crippen LogP contribution in [0.3, 0.4) is 0 Å². The van der Waals surface area contributed by atoms with E-state index in [0.717, 1.165) is 0 Å². The van der Waals surface area contributed by atoms with Gasteiger partial charge in [-0.15, -0.1) is 0 Å². The van der Waals surface area contributed by atoms with Crippen molar-refractivity contribution in [2.45, 2.75) is 6.42 Å². The van der Waals surface area contributed by atoms with E-state index in [2.05, 4.69) is 4.74 Å². The van der Waals surface area contributed by atoms with Gasteiger partial charge in [0.15, 0.2) is 0 Å². The van der Waals surface area contributed by atoms with Crippen molar-refractivity contribution in [3.63, 3.8) is 0 Å². The van der Waals surface area contributed by atoms with Gasteiger partial charge in [0.1, 0.15) is 0 Å². The highest BCUT2D eigenvalue weighted by Crippen LogP contribution is 2.13. The topological polar surface area (TPSA) is 76.1 Å². The molecular formula is C15H20ClNO5. The minimum atomic E-state index is -0.389. The van der Waals surface area contributed by atoms with Crippen LogP contribution >= 0.6 is 11.6 Å². The fourth-order valence-corrected chi connectivity index (χ4v) is 1.98. The number of rotatable bonds is 9. The summed E-state index contributed by atoms with van der Waals surface area (Å²) in [6.45, 7) is 0.928. The van der Waals surface area contributed by atoms with E-state index in [9.17, 15) is 9.59 Å². The summed E-state index contributed by atoms with van der Waals surface area (Å²) < 4.78 is 9.76. The summed E-state index contributed by atoms with van der Waals surface area (Å²) in [6, 6.07) is 6.61. The van der Waals surface area contributed by atoms with E-state index in [0.29, 0.717) is 17.1 Å². The van der Waals surface area contributed by atoms with E-state index >= 15 is 0 Å². The first kappa shape index (κ1) is 18.4. The predicted octanol–water partition coefficient (Wildman–Crippen LogP) is 1.35. The molecule has 0 aliphatic heterocycles. The lowest BCUT2D eigenvalue weighted by atomic mass is 10.2. The number of hydrogen-bond donors (Lipinski definition) is 1. The van der Waals surface area contributed by atoms with Crippen molar-refractivity contribution in [1.29, 1.82) is 0 Å². The average molecular weight is 330 g/mol. The summed E-state index contributed by atoms with van der Waals surface area (Å²) in [5.74, 6) is -0.626. The lowest BCUT2D eigenvalue weighted by molar-refractivity contribution is -0.140. The quantitative estimate of drug-likeness (QED) is 0.547. The molecule has 1 aromatic carbocycles. The van der Waals surface area contributed by atoms with Crippen LogP contribution in [0.4, 0.5) is 0 Å². The maximum absolute atomic E-state index is 12.5. The van der Waals surface area contributed by atoms with Crippen LogP contribution in [-0.4, -0.2) is 61.9 Å². The maximum atomic E-state index is 12.5. The van der Waals surface area contributed by atoms with Gasteiger partial charge >= 0.3 is 5.97 Å². The van der Waals surface area contributed by atoms with Crippen LogP contribution in [0.2, 0.25) is 5.02 Å². The molecule has 0 saturated heterocycles. The number of nitrogens with zero attached hydrogens (tertiary/aromatic N) is 1. The van der Waals surface area contributed by atoms with Crippen molar-refractivity contribution in [2.75, 3.05) is 40.0 Å². The van der Waals surface area contributed by atoms with Crippen LogP contribution in [-0.2, 0) is 14.3 Å². The largest absolute Gasteiger partial charge is 0.469 e. The summed E-state index contributed by atoms with van der Waals surface area (Å²) in [5.41, 5.74) is 0.444. The molecule has 0 aliphatic carbocycles. The Morgan fingerprint density at radius 2 is 2.05 bits per heavy atom. The number of amides is 1. The molecule has 1 rings (SSSR count). The predicted molar refractivity (Wildman–Crippen MR) is 81.9 cm³/mol. The standard InChI is InChI=1S/C15H20ClNO5/c1-21-14(19)5-6-17(7-9-22-10-8-18)15(20)12-3-2-4-13(16)11-12/h2-4,11,18H,5-10H2,1H3. The Kier molecular flexibility index (Phi) is 8.50. The molecule has 0 aromatic heterocycles. The van der Waals surface area contributed by atoms with E-state index in [1.807, 2.05) is 0 Å². The van der Waals surface area contributed by atoms with Crippen LogP contribution in [0.25, 0.3) is 0 Å². The van der Waals surface area contributed by atoms with Crippen LogP contribution in [0.1, 0.15) is 16.8 Å². The zero-order valence-corrected chi connectivity index (χ0v) is 13.2. The van der Waals surface area contributed by atoms with Crippen molar-refractivity contribution < 1.29 is 24.2 Å². The highest BCUT2D eigenvalue weighted by atomic mass is 35.5. The van der Waals surface area contributed by atoms with Crippen LogP contribution in [0.5, 0.6) is 0 Å². The molecule has 1 amide bonds. The number of halogens is 1. The highest BCUT2D eigenvalue weighted by Gasteiger charge is 2.17. The van der Waals surface area contributed by atoms with E-state index in [-0.39, 0.29) is 44.7 Å². The van der Waals surface area contributed by atoms with E-state index in [4.69, 9.17) is 21.4 Å². The second kappa shape index (κ2) is 10.2. The lowest BCUT2D eigenvalue weighted by Gasteiger charge is -2.22. The zero-order chi connectivity index (χ0) is 16.4. The van der Waals surface area contributed by atoms with Gasteiger partial charge in [-0.1, -0.05) is 17.7 Å². The molecule has 22 heavy (non-hydrogen) atoms. The average Bonchev–Trinajstić information content (AvgIpc) is 2.53. The van der Waals surface area contributed by atoms with E-state index < -0.39 is 0 Å². The Morgan fingerprint density at radius 3 is 2.68 bits per heavy atom. The Balaban J connectivity index is 2.69. The number of aliphatic hydroxyl groups is 1. The summed E-state index contributed by atoms with van der Waals surface area (Å²) >= 11 is 5.89. The van der Waals surface area contributed by atoms with Gasteiger partial charge < -0.3 is 19.5 Å². The minimum absolute atomic E-state index is 0.0790. The molecule has 1 aromatic rings. The van der Waals surface area contributed by atoms with Gasteiger partial charge in [-0.3, -0.25) is 9.59 Å². The molecule has 0 spiro atoms. The SMILES string of the molecule is COC(=O)CCN(CCOCCO)C(=O)c1cccc(Cl)c1. The normalized spacial score (nSPS) is 10.3. The summed E-state index contributed by atoms with van der Waals surface area (Å²) in [7, 11) is 1.30. The molecule has 6 nitrogen and oxygen atoms in total. The van der Waals surface area contributed by atoms with Gasteiger partial charge in [0, 0.05) is 23.7 Å². The monoisotopic (exact) mass is 329 g/mol. The summed E-state index contributed by atoms with van der Waals surface area (Å²) in [6.07, 6.45) is 0.100. The fourth-order valence-electron chi connectivity index (χ4n) is 1.79. The first-order chi connectivity index (χ1) is 10.6. The van der Waals surface area contributed by atoms with Crippen molar-refractivity contribution in [3.05, 3.63) is 34.9 Å². The summed E-state index contributed by atoms with van der Waals surface area (Å²) in [5, 5.41) is 9.14. The van der Waals surface area contributed by atoms with Gasteiger partial charge in [0.2, 0.25) is 0 Å². The third-order valence-corrected chi connectivity index (χ3v) is 3.15. The first-order valence-corrected chi connectivity index (χ1v) is 7.26. The molecule has 122 valence electrons. The molecule has 0 atom stereocenters. The zero-order valence-electron chi connectivity index (χ0n) is 12.5. The number of hydrogen-bond acceptors (Lipinski definition) is 5. The van der Waals surface area contributed by atoms with E-state index in [1.54, 1.807) is 24.3 Å². The van der Waals surface area contributed by atoms with Gasteiger partial charge in [-0.25, -0.2) is 0 Å².